The number of allylic oxidation sites excluding steroid dienone is 2. The maximum absolute atomic E-state index is 2.45. The summed E-state index contributed by atoms with van der Waals surface area (Å²) in [5.41, 5.74) is 2.26. The zero-order valence-corrected chi connectivity index (χ0v) is 14.7. The summed E-state index contributed by atoms with van der Waals surface area (Å²) >= 11 is 0. The molecule has 0 saturated heterocycles. The van der Waals surface area contributed by atoms with E-state index in [1.54, 1.807) is 0 Å². The molecule has 0 amide bonds. The predicted molar refractivity (Wildman–Crippen MR) is 84.8 cm³/mol. The van der Waals surface area contributed by atoms with Crippen LogP contribution < -0.4 is 0 Å². The van der Waals surface area contributed by atoms with Gasteiger partial charge in [0, 0.05) is 0 Å². The summed E-state index contributed by atoms with van der Waals surface area (Å²) in [6, 6.07) is 0. The monoisotopic (exact) mass is 252 g/mol. The van der Waals surface area contributed by atoms with E-state index in [0.29, 0.717) is 11.3 Å². The molecule has 0 rings (SSSR count). The van der Waals surface area contributed by atoms with Crippen molar-refractivity contribution in [1.29, 1.82) is 0 Å². The molecule has 0 aliphatic carbocycles. The van der Waals surface area contributed by atoms with Crippen LogP contribution in [0, 0.1) is 28.1 Å². The molecule has 18 heavy (non-hydrogen) atoms. The first-order chi connectivity index (χ1) is 7.84. The molecule has 0 aromatic carbocycles. The summed E-state index contributed by atoms with van der Waals surface area (Å²) in [6.45, 7) is 26.1. The number of hydrogen-bond donors (Lipinski definition) is 0. The predicted octanol–water partition coefficient (Wildman–Crippen LogP) is 6.32. The van der Waals surface area contributed by atoms with Gasteiger partial charge in [0.2, 0.25) is 0 Å². The molecule has 1 unspecified atom stereocenters. The summed E-state index contributed by atoms with van der Waals surface area (Å²) in [7, 11) is 0. The lowest BCUT2D eigenvalue weighted by Gasteiger charge is -2.56. The molecular formula is C18H36. The molecular weight excluding hydrogens is 216 g/mol. The lowest BCUT2D eigenvalue weighted by molar-refractivity contribution is -0.0481. The van der Waals surface area contributed by atoms with Crippen molar-refractivity contribution in [2.24, 2.45) is 28.1 Å². The van der Waals surface area contributed by atoms with Crippen LogP contribution in [0.1, 0.15) is 76.2 Å². The average Bonchev–Trinajstić information content (AvgIpc) is 2.25. The zero-order valence-electron chi connectivity index (χ0n) is 14.7. The third-order valence-electron chi connectivity index (χ3n) is 6.73. The lowest BCUT2D eigenvalue weighted by Crippen LogP contribution is -2.49. The molecule has 0 fully saturated rings. The smallest absolute Gasteiger partial charge is 0.00912 e. The Morgan fingerprint density at radius 2 is 1.28 bits per heavy atom. The Labute approximate surface area is 116 Å². The highest BCUT2D eigenvalue weighted by molar-refractivity contribution is 5.16. The fourth-order valence-corrected chi connectivity index (χ4v) is 3.06. The van der Waals surface area contributed by atoms with E-state index in [-0.39, 0.29) is 10.8 Å². The Kier molecular flexibility index (Phi) is 5.31. The molecule has 0 aromatic heterocycles. The fourth-order valence-electron chi connectivity index (χ4n) is 3.06. The van der Waals surface area contributed by atoms with Crippen LogP contribution in [-0.2, 0) is 0 Å². The minimum atomic E-state index is 0.217. The topological polar surface area (TPSA) is 0 Å². The third-order valence-corrected chi connectivity index (χ3v) is 6.73. The second-order valence-corrected chi connectivity index (χ2v) is 7.98. The van der Waals surface area contributed by atoms with E-state index < -0.39 is 0 Å². The first-order valence-electron chi connectivity index (χ1n) is 7.47. The highest BCUT2D eigenvalue weighted by Gasteiger charge is 2.50. The van der Waals surface area contributed by atoms with Gasteiger partial charge in [0.1, 0.15) is 0 Å². The fraction of sp³-hybridized carbons (Fsp3) is 0.889. The van der Waals surface area contributed by atoms with Crippen molar-refractivity contribution in [3.05, 3.63) is 11.6 Å². The first-order valence-corrected chi connectivity index (χ1v) is 7.47. The standard InChI is InChI=1S/C18H36/c1-12-14(4)16(6,7)18(10,11)17(8,9)15(5)13(2)3/h12-13,15H,1-11H3/b14-12+. The molecule has 0 radical (unpaired) electrons. The Balaban J connectivity index is 5.63. The Morgan fingerprint density at radius 3 is 1.56 bits per heavy atom. The van der Waals surface area contributed by atoms with E-state index in [0.717, 1.165) is 5.92 Å². The zero-order chi connectivity index (χ0) is 14.9. The maximum Gasteiger partial charge on any atom is -0.00912 e. The van der Waals surface area contributed by atoms with Gasteiger partial charge >= 0.3 is 0 Å². The van der Waals surface area contributed by atoms with Crippen molar-refractivity contribution in [2.45, 2.75) is 76.2 Å². The highest BCUT2D eigenvalue weighted by atomic mass is 14.5. The maximum atomic E-state index is 2.45. The summed E-state index contributed by atoms with van der Waals surface area (Å²) in [6.07, 6.45) is 2.28. The van der Waals surface area contributed by atoms with Gasteiger partial charge in [0.05, 0.1) is 0 Å². The average molecular weight is 252 g/mol. The molecule has 0 saturated carbocycles. The van der Waals surface area contributed by atoms with Crippen molar-refractivity contribution in [1.82, 2.24) is 0 Å². The van der Waals surface area contributed by atoms with Gasteiger partial charge in [0.15, 0.2) is 0 Å². The van der Waals surface area contributed by atoms with Gasteiger partial charge in [-0.1, -0.05) is 74.0 Å². The molecule has 0 nitrogen and oxygen atoms in total. The minimum Gasteiger partial charge on any atom is -0.0882 e. The van der Waals surface area contributed by atoms with Crippen LogP contribution in [0.5, 0.6) is 0 Å². The van der Waals surface area contributed by atoms with Gasteiger partial charge in [-0.25, -0.2) is 0 Å². The molecule has 1 atom stereocenters. The normalized spacial score (nSPS) is 17.2. The van der Waals surface area contributed by atoms with Crippen molar-refractivity contribution < 1.29 is 0 Å². The summed E-state index contributed by atoms with van der Waals surface area (Å²) in [5.74, 6) is 1.43. The minimum absolute atomic E-state index is 0.217. The van der Waals surface area contributed by atoms with Gasteiger partial charge in [-0.15, -0.1) is 0 Å². The third kappa shape index (κ3) is 2.68. The Hall–Kier alpha value is -0.260. The molecule has 0 heteroatoms. The van der Waals surface area contributed by atoms with E-state index in [1.807, 2.05) is 0 Å². The summed E-state index contributed by atoms with van der Waals surface area (Å²) in [4.78, 5) is 0. The Bertz CT molecular complexity index is 300. The van der Waals surface area contributed by atoms with Crippen LogP contribution in [0.3, 0.4) is 0 Å². The van der Waals surface area contributed by atoms with Crippen LogP contribution >= 0.6 is 0 Å². The molecule has 108 valence electrons. The molecule has 0 spiro atoms. The lowest BCUT2D eigenvalue weighted by atomic mass is 9.48. The largest absolute Gasteiger partial charge is 0.0882 e. The molecule has 0 aliphatic heterocycles. The van der Waals surface area contributed by atoms with Crippen LogP contribution in [0.4, 0.5) is 0 Å². The van der Waals surface area contributed by atoms with Crippen LogP contribution in [0.15, 0.2) is 11.6 Å². The van der Waals surface area contributed by atoms with E-state index in [9.17, 15) is 0 Å². The molecule has 0 aliphatic rings. The first kappa shape index (κ1) is 17.7. The van der Waals surface area contributed by atoms with Crippen LogP contribution in [0.2, 0.25) is 0 Å². The van der Waals surface area contributed by atoms with Gasteiger partial charge in [-0.05, 0) is 41.9 Å². The summed E-state index contributed by atoms with van der Waals surface area (Å²) < 4.78 is 0. The van der Waals surface area contributed by atoms with E-state index in [4.69, 9.17) is 0 Å². The van der Waals surface area contributed by atoms with Crippen molar-refractivity contribution >= 4 is 0 Å². The van der Waals surface area contributed by atoms with Crippen molar-refractivity contribution in [2.75, 3.05) is 0 Å². The number of rotatable bonds is 5. The van der Waals surface area contributed by atoms with E-state index in [1.165, 1.54) is 5.57 Å². The van der Waals surface area contributed by atoms with E-state index >= 15 is 0 Å². The van der Waals surface area contributed by atoms with Gasteiger partial charge in [0.25, 0.3) is 0 Å². The van der Waals surface area contributed by atoms with Crippen LogP contribution in [-0.4, -0.2) is 0 Å². The number of hydrogen-bond acceptors (Lipinski definition) is 0. The van der Waals surface area contributed by atoms with Gasteiger partial charge in [-0.3, -0.25) is 0 Å². The van der Waals surface area contributed by atoms with Crippen LogP contribution in [0.25, 0.3) is 0 Å². The van der Waals surface area contributed by atoms with Gasteiger partial charge in [-0.2, -0.15) is 0 Å². The van der Waals surface area contributed by atoms with Crippen molar-refractivity contribution in [3.8, 4) is 0 Å². The van der Waals surface area contributed by atoms with Crippen molar-refractivity contribution in [3.63, 3.8) is 0 Å². The second-order valence-electron chi connectivity index (χ2n) is 7.98. The quantitative estimate of drug-likeness (QED) is 0.502. The second kappa shape index (κ2) is 5.39. The molecule has 0 aromatic rings. The summed E-state index contributed by atoms with van der Waals surface area (Å²) in [5, 5.41) is 0. The molecule has 0 heterocycles. The van der Waals surface area contributed by atoms with Gasteiger partial charge < -0.3 is 0 Å². The Morgan fingerprint density at radius 1 is 0.889 bits per heavy atom. The SMILES string of the molecule is C/C=C(\C)C(C)(C)C(C)(C)C(C)(C)C(C)C(C)C. The molecule has 0 bridgehead atoms. The van der Waals surface area contributed by atoms with E-state index in [2.05, 4.69) is 82.2 Å². The molecule has 0 N–H and O–H groups in total. The highest BCUT2D eigenvalue weighted by Crippen LogP contribution is 2.58.